The summed E-state index contributed by atoms with van der Waals surface area (Å²) in [6.07, 6.45) is -0.876. The van der Waals surface area contributed by atoms with E-state index in [4.69, 9.17) is 9.47 Å². The Bertz CT molecular complexity index is 946. The van der Waals surface area contributed by atoms with E-state index in [1.165, 1.54) is 24.0 Å². The number of rotatable bonds is 4. The minimum absolute atomic E-state index is 0.0220. The van der Waals surface area contributed by atoms with Crippen molar-refractivity contribution >= 4 is 22.8 Å². The molecular weight excluding hydrogens is 372 g/mol. The van der Waals surface area contributed by atoms with Gasteiger partial charge in [-0.3, -0.25) is 10.7 Å². The number of hydrogen-bond acceptors (Lipinski definition) is 10. The average molecular weight is 392 g/mol. The molecule has 4 atom stereocenters. The molecule has 0 aromatic carbocycles. The molecule has 28 heavy (non-hydrogen) atoms. The number of hydrogen-bond donors (Lipinski definition) is 5. The molecule has 5 N–H and O–H groups in total. The van der Waals surface area contributed by atoms with Gasteiger partial charge in [0.1, 0.15) is 29.8 Å². The molecular formula is C17H20N4O7. The maximum absolute atomic E-state index is 11.6. The standard InChI is InChI=1S/C17H20N4O7/c1-3-27-11(23)5-4-9-6-21(15-12(9)14(20-26)18-8-19-15)16-17(2,25)13(24)10(7-22)28-16/h6,8,10,13,16,22,24-26H,3,7H2,1-2H3,(H,18,19,20). The summed E-state index contributed by atoms with van der Waals surface area (Å²) < 4.78 is 11.8. The number of esters is 1. The molecule has 1 fully saturated rings. The molecule has 0 spiro atoms. The van der Waals surface area contributed by atoms with Crippen LogP contribution in [0.1, 0.15) is 25.6 Å². The molecule has 0 saturated carbocycles. The summed E-state index contributed by atoms with van der Waals surface area (Å²) in [5.41, 5.74) is 0.644. The van der Waals surface area contributed by atoms with Gasteiger partial charge in [-0.15, -0.1) is 0 Å². The van der Waals surface area contributed by atoms with Crippen LogP contribution in [0.3, 0.4) is 0 Å². The molecule has 11 nitrogen and oxygen atoms in total. The number of carbonyl (C=O) groups excluding carboxylic acids is 1. The van der Waals surface area contributed by atoms with Crippen molar-refractivity contribution in [3.63, 3.8) is 0 Å². The predicted octanol–water partition coefficient (Wildman–Crippen LogP) is -0.851. The van der Waals surface area contributed by atoms with Crippen molar-refractivity contribution < 1.29 is 34.8 Å². The molecule has 2 aromatic heterocycles. The van der Waals surface area contributed by atoms with E-state index in [0.717, 1.165) is 0 Å². The third kappa shape index (κ3) is 3.28. The Morgan fingerprint density at radius 1 is 1.50 bits per heavy atom. The van der Waals surface area contributed by atoms with E-state index in [9.17, 15) is 25.3 Å². The SMILES string of the molecule is CCOC(=O)C#Cc1cn(C2OC(CO)C(O)C2(C)O)c2ncnc(NO)c12. The van der Waals surface area contributed by atoms with Gasteiger partial charge in [0, 0.05) is 12.1 Å². The Labute approximate surface area is 159 Å². The monoisotopic (exact) mass is 392 g/mol. The van der Waals surface area contributed by atoms with Crippen LogP contribution in [-0.4, -0.2) is 72.1 Å². The highest BCUT2D eigenvalue weighted by atomic mass is 16.6. The van der Waals surface area contributed by atoms with Gasteiger partial charge in [-0.05, 0) is 13.8 Å². The van der Waals surface area contributed by atoms with Gasteiger partial charge in [0.25, 0.3) is 0 Å². The molecule has 2 aromatic rings. The van der Waals surface area contributed by atoms with Crippen LogP contribution in [0.5, 0.6) is 0 Å². The van der Waals surface area contributed by atoms with Crippen molar-refractivity contribution in [2.75, 3.05) is 18.7 Å². The molecule has 3 heterocycles. The molecule has 1 aliphatic heterocycles. The number of nitrogens with one attached hydrogen (secondary N) is 1. The second-order valence-electron chi connectivity index (χ2n) is 6.33. The van der Waals surface area contributed by atoms with Crippen molar-refractivity contribution in [2.45, 2.75) is 37.9 Å². The highest BCUT2D eigenvalue weighted by Crippen LogP contribution is 2.40. The van der Waals surface area contributed by atoms with Crippen LogP contribution in [-0.2, 0) is 14.3 Å². The van der Waals surface area contributed by atoms with Gasteiger partial charge in [0.2, 0.25) is 0 Å². The number of carbonyl (C=O) groups is 1. The Morgan fingerprint density at radius 3 is 2.86 bits per heavy atom. The zero-order valence-corrected chi connectivity index (χ0v) is 15.2. The number of nitrogens with zero attached hydrogens (tertiary/aromatic N) is 3. The number of fused-ring (bicyclic) bond motifs is 1. The zero-order valence-electron chi connectivity index (χ0n) is 15.2. The Morgan fingerprint density at radius 2 is 2.25 bits per heavy atom. The van der Waals surface area contributed by atoms with Gasteiger partial charge >= 0.3 is 5.97 Å². The van der Waals surface area contributed by atoms with Crippen molar-refractivity contribution in [1.29, 1.82) is 0 Å². The number of aromatic nitrogens is 3. The zero-order chi connectivity index (χ0) is 20.5. The number of anilines is 1. The van der Waals surface area contributed by atoms with E-state index in [2.05, 4.69) is 21.8 Å². The fraction of sp³-hybridized carbons (Fsp3) is 0.471. The topological polar surface area (TPSA) is 159 Å². The first kappa shape index (κ1) is 20.0. The predicted molar refractivity (Wildman–Crippen MR) is 94.1 cm³/mol. The van der Waals surface area contributed by atoms with Gasteiger partial charge in [0.05, 0.1) is 24.2 Å². The molecule has 0 radical (unpaired) electrons. The fourth-order valence-electron chi connectivity index (χ4n) is 3.12. The minimum atomic E-state index is -1.76. The largest absolute Gasteiger partial charge is 0.456 e. The summed E-state index contributed by atoms with van der Waals surface area (Å²) in [6.45, 7) is 2.68. The number of aliphatic hydroxyl groups is 3. The molecule has 11 heteroatoms. The summed E-state index contributed by atoms with van der Waals surface area (Å²) in [5, 5.41) is 40.0. The van der Waals surface area contributed by atoms with Crippen LogP contribution in [0, 0.1) is 11.8 Å². The normalized spacial score (nSPS) is 26.7. The highest BCUT2D eigenvalue weighted by molar-refractivity contribution is 5.95. The van der Waals surface area contributed by atoms with Crippen LogP contribution < -0.4 is 5.48 Å². The molecule has 3 rings (SSSR count). The average Bonchev–Trinajstić information content (AvgIpc) is 3.15. The first-order valence-electron chi connectivity index (χ1n) is 8.46. The minimum Gasteiger partial charge on any atom is -0.456 e. The Hall–Kier alpha value is -2.75. The summed E-state index contributed by atoms with van der Waals surface area (Å²) in [4.78, 5) is 19.6. The number of ether oxygens (including phenoxy) is 2. The maximum Gasteiger partial charge on any atom is 0.384 e. The molecule has 0 aliphatic carbocycles. The lowest BCUT2D eigenvalue weighted by atomic mass is 9.96. The van der Waals surface area contributed by atoms with Crippen LogP contribution in [0.4, 0.5) is 5.82 Å². The lowest BCUT2D eigenvalue weighted by molar-refractivity contribution is -0.136. The second-order valence-corrected chi connectivity index (χ2v) is 6.33. The summed E-state index contributed by atoms with van der Waals surface area (Å²) in [7, 11) is 0. The second kappa shape index (κ2) is 7.70. The highest BCUT2D eigenvalue weighted by Gasteiger charge is 2.53. The lowest BCUT2D eigenvalue weighted by Gasteiger charge is -2.27. The van der Waals surface area contributed by atoms with E-state index < -0.39 is 36.6 Å². The summed E-state index contributed by atoms with van der Waals surface area (Å²) >= 11 is 0. The van der Waals surface area contributed by atoms with E-state index >= 15 is 0 Å². The van der Waals surface area contributed by atoms with E-state index in [-0.39, 0.29) is 29.0 Å². The Balaban J connectivity index is 2.16. The van der Waals surface area contributed by atoms with Crippen molar-refractivity contribution in [2.24, 2.45) is 0 Å². The van der Waals surface area contributed by atoms with Crippen LogP contribution >= 0.6 is 0 Å². The molecule has 0 bridgehead atoms. The first-order chi connectivity index (χ1) is 13.3. The van der Waals surface area contributed by atoms with Crippen molar-refractivity contribution in [3.8, 4) is 11.8 Å². The van der Waals surface area contributed by atoms with Gasteiger partial charge in [-0.2, -0.15) is 0 Å². The number of aliphatic hydroxyl groups excluding tert-OH is 2. The fourth-order valence-corrected chi connectivity index (χ4v) is 3.12. The van der Waals surface area contributed by atoms with Crippen molar-refractivity contribution in [1.82, 2.24) is 14.5 Å². The van der Waals surface area contributed by atoms with E-state index in [0.29, 0.717) is 0 Å². The van der Waals surface area contributed by atoms with Crippen LogP contribution in [0.2, 0.25) is 0 Å². The first-order valence-corrected chi connectivity index (χ1v) is 8.46. The van der Waals surface area contributed by atoms with Crippen LogP contribution in [0.15, 0.2) is 12.5 Å². The molecule has 4 unspecified atom stereocenters. The quantitative estimate of drug-likeness (QED) is 0.252. The smallest absolute Gasteiger partial charge is 0.384 e. The maximum atomic E-state index is 11.6. The van der Waals surface area contributed by atoms with Gasteiger partial charge < -0.3 is 29.4 Å². The van der Waals surface area contributed by atoms with Crippen molar-refractivity contribution in [3.05, 3.63) is 18.1 Å². The molecule has 0 amide bonds. The van der Waals surface area contributed by atoms with E-state index in [1.54, 1.807) is 6.92 Å². The third-order valence-corrected chi connectivity index (χ3v) is 4.48. The van der Waals surface area contributed by atoms with Gasteiger partial charge in [-0.1, -0.05) is 5.92 Å². The van der Waals surface area contributed by atoms with E-state index in [1.807, 2.05) is 5.48 Å². The van der Waals surface area contributed by atoms with Gasteiger partial charge in [-0.25, -0.2) is 14.8 Å². The Kier molecular flexibility index (Phi) is 5.50. The van der Waals surface area contributed by atoms with Crippen LogP contribution in [0.25, 0.3) is 11.0 Å². The molecule has 1 saturated heterocycles. The van der Waals surface area contributed by atoms with Gasteiger partial charge in [0.15, 0.2) is 12.0 Å². The molecule has 1 aliphatic rings. The molecule has 150 valence electrons. The summed E-state index contributed by atoms with van der Waals surface area (Å²) in [6, 6.07) is 0. The summed E-state index contributed by atoms with van der Waals surface area (Å²) in [5.74, 6) is 4.23. The third-order valence-electron chi connectivity index (χ3n) is 4.48. The lowest BCUT2D eigenvalue weighted by Crippen LogP contribution is -2.44.